The van der Waals surface area contributed by atoms with E-state index in [0.717, 1.165) is 11.3 Å². The SMILES string of the molecule is CC.CC.CC(C)c1ccc(-c2ccco2)cc1. The third kappa shape index (κ3) is 4.79. The van der Waals surface area contributed by atoms with Crippen LogP contribution < -0.4 is 0 Å². The van der Waals surface area contributed by atoms with E-state index in [1.165, 1.54) is 5.56 Å². The van der Waals surface area contributed by atoms with Crippen molar-refractivity contribution in [3.8, 4) is 11.3 Å². The molecule has 0 saturated heterocycles. The van der Waals surface area contributed by atoms with Gasteiger partial charge in [0.05, 0.1) is 6.26 Å². The first-order chi connectivity index (χ1) is 8.77. The largest absolute Gasteiger partial charge is 0.464 e. The molecule has 0 fully saturated rings. The highest BCUT2D eigenvalue weighted by Crippen LogP contribution is 2.22. The smallest absolute Gasteiger partial charge is 0.133 e. The zero-order chi connectivity index (χ0) is 14.0. The first-order valence-corrected chi connectivity index (χ1v) is 6.91. The second-order valence-electron chi connectivity index (χ2n) is 3.75. The van der Waals surface area contributed by atoms with Crippen LogP contribution in [0.5, 0.6) is 0 Å². The van der Waals surface area contributed by atoms with E-state index in [2.05, 4.69) is 38.1 Å². The summed E-state index contributed by atoms with van der Waals surface area (Å²) in [6, 6.07) is 12.4. The zero-order valence-electron chi connectivity index (χ0n) is 12.5. The zero-order valence-corrected chi connectivity index (χ0v) is 12.5. The maximum Gasteiger partial charge on any atom is 0.133 e. The minimum absolute atomic E-state index is 0.584. The van der Waals surface area contributed by atoms with Crippen LogP contribution in [-0.2, 0) is 0 Å². The number of benzene rings is 1. The Morgan fingerprint density at radius 2 is 1.39 bits per heavy atom. The van der Waals surface area contributed by atoms with Gasteiger partial charge in [-0.05, 0) is 23.6 Å². The Morgan fingerprint density at radius 1 is 0.833 bits per heavy atom. The molecule has 0 N–H and O–H groups in total. The fourth-order valence-corrected chi connectivity index (χ4v) is 1.48. The fourth-order valence-electron chi connectivity index (χ4n) is 1.48. The summed E-state index contributed by atoms with van der Waals surface area (Å²) in [6.07, 6.45) is 1.70. The Balaban J connectivity index is 0.000000659. The molecule has 0 radical (unpaired) electrons. The van der Waals surface area contributed by atoms with Gasteiger partial charge in [-0.2, -0.15) is 0 Å². The van der Waals surface area contributed by atoms with E-state index in [4.69, 9.17) is 4.42 Å². The molecular weight excluding hydrogens is 220 g/mol. The summed E-state index contributed by atoms with van der Waals surface area (Å²) in [4.78, 5) is 0. The topological polar surface area (TPSA) is 13.1 Å². The van der Waals surface area contributed by atoms with Gasteiger partial charge < -0.3 is 4.42 Å². The van der Waals surface area contributed by atoms with E-state index in [-0.39, 0.29) is 0 Å². The highest BCUT2D eigenvalue weighted by molar-refractivity contribution is 5.57. The first kappa shape index (κ1) is 16.5. The van der Waals surface area contributed by atoms with Gasteiger partial charge in [-0.25, -0.2) is 0 Å². The molecule has 0 bridgehead atoms. The molecule has 0 amide bonds. The van der Waals surface area contributed by atoms with Gasteiger partial charge in [0.25, 0.3) is 0 Å². The Labute approximate surface area is 112 Å². The normalized spacial score (nSPS) is 9.06. The number of furan rings is 1. The van der Waals surface area contributed by atoms with Gasteiger partial charge in [0.15, 0.2) is 0 Å². The lowest BCUT2D eigenvalue weighted by atomic mass is 10.0. The van der Waals surface area contributed by atoms with Crippen molar-refractivity contribution in [1.82, 2.24) is 0 Å². The average Bonchev–Trinajstić information content (AvgIpc) is 2.97. The first-order valence-electron chi connectivity index (χ1n) is 6.91. The van der Waals surface area contributed by atoms with Gasteiger partial charge in [0.2, 0.25) is 0 Å². The molecule has 1 aromatic heterocycles. The lowest BCUT2D eigenvalue weighted by molar-refractivity contribution is 0.582. The van der Waals surface area contributed by atoms with Crippen molar-refractivity contribution >= 4 is 0 Å². The van der Waals surface area contributed by atoms with E-state index in [1.54, 1.807) is 6.26 Å². The quantitative estimate of drug-likeness (QED) is 0.622. The highest BCUT2D eigenvalue weighted by Gasteiger charge is 2.01. The number of hydrogen-bond donors (Lipinski definition) is 0. The maximum atomic E-state index is 5.32. The molecule has 0 aliphatic carbocycles. The molecule has 2 aromatic rings. The van der Waals surface area contributed by atoms with E-state index in [9.17, 15) is 0 Å². The molecule has 18 heavy (non-hydrogen) atoms. The van der Waals surface area contributed by atoms with Crippen LogP contribution in [0.1, 0.15) is 53.0 Å². The second kappa shape index (κ2) is 9.52. The van der Waals surface area contributed by atoms with Gasteiger partial charge in [-0.15, -0.1) is 0 Å². The second-order valence-corrected chi connectivity index (χ2v) is 3.75. The molecule has 1 heterocycles. The summed E-state index contributed by atoms with van der Waals surface area (Å²) in [5.74, 6) is 1.51. The molecule has 0 aliphatic heterocycles. The van der Waals surface area contributed by atoms with Crippen LogP contribution in [0.15, 0.2) is 47.1 Å². The van der Waals surface area contributed by atoms with Crippen LogP contribution in [0.4, 0.5) is 0 Å². The van der Waals surface area contributed by atoms with E-state index in [0.29, 0.717) is 5.92 Å². The molecular formula is C17H26O. The van der Waals surface area contributed by atoms with E-state index >= 15 is 0 Å². The summed E-state index contributed by atoms with van der Waals surface area (Å²) >= 11 is 0. The van der Waals surface area contributed by atoms with Crippen molar-refractivity contribution in [3.05, 3.63) is 48.2 Å². The minimum atomic E-state index is 0.584. The molecule has 0 saturated carbocycles. The molecule has 0 atom stereocenters. The summed E-state index contributed by atoms with van der Waals surface area (Å²) in [6.45, 7) is 12.4. The Bertz CT molecular complexity index is 382. The predicted octanol–water partition coefficient (Wildman–Crippen LogP) is 6.12. The molecule has 0 spiro atoms. The lowest BCUT2D eigenvalue weighted by Crippen LogP contribution is -1.85. The Hall–Kier alpha value is -1.50. The summed E-state index contributed by atoms with van der Waals surface area (Å²) in [5.41, 5.74) is 2.50. The van der Waals surface area contributed by atoms with Crippen molar-refractivity contribution in [2.45, 2.75) is 47.5 Å². The van der Waals surface area contributed by atoms with Crippen LogP contribution in [0.2, 0.25) is 0 Å². The van der Waals surface area contributed by atoms with E-state index < -0.39 is 0 Å². The molecule has 1 nitrogen and oxygen atoms in total. The van der Waals surface area contributed by atoms with Gasteiger partial charge >= 0.3 is 0 Å². The number of hydrogen-bond acceptors (Lipinski definition) is 1. The Kier molecular flexibility index (Phi) is 8.73. The molecule has 0 unspecified atom stereocenters. The summed E-state index contributed by atoms with van der Waals surface area (Å²) < 4.78 is 5.32. The third-order valence-corrected chi connectivity index (χ3v) is 2.38. The summed E-state index contributed by atoms with van der Waals surface area (Å²) in [7, 11) is 0. The van der Waals surface area contributed by atoms with Gasteiger partial charge in [-0.3, -0.25) is 0 Å². The maximum absolute atomic E-state index is 5.32. The van der Waals surface area contributed by atoms with Crippen molar-refractivity contribution in [2.24, 2.45) is 0 Å². The van der Waals surface area contributed by atoms with Crippen LogP contribution >= 0.6 is 0 Å². The standard InChI is InChI=1S/C13H14O.2C2H6/c1-10(2)11-5-7-12(8-6-11)13-4-3-9-14-13;2*1-2/h3-10H,1-2H3;2*1-2H3. The van der Waals surface area contributed by atoms with Crippen LogP contribution in [-0.4, -0.2) is 0 Å². The predicted molar refractivity (Wildman–Crippen MR) is 80.9 cm³/mol. The van der Waals surface area contributed by atoms with Crippen molar-refractivity contribution < 1.29 is 4.42 Å². The van der Waals surface area contributed by atoms with Crippen molar-refractivity contribution in [1.29, 1.82) is 0 Å². The average molecular weight is 246 g/mol. The molecule has 2 rings (SSSR count). The minimum Gasteiger partial charge on any atom is -0.464 e. The van der Waals surface area contributed by atoms with Crippen LogP contribution in [0.25, 0.3) is 11.3 Å². The van der Waals surface area contributed by atoms with E-state index in [1.807, 2.05) is 39.8 Å². The van der Waals surface area contributed by atoms with Crippen molar-refractivity contribution in [2.75, 3.05) is 0 Å². The van der Waals surface area contributed by atoms with Crippen LogP contribution in [0, 0.1) is 0 Å². The fraction of sp³-hybridized carbons (Fsp3) is 0.412. The van der Waals surface area contributed by atoms with Gasteiger partial charge in [0.1, 0.15) is 5.76 Å². The molecule has 0 aliphatic rings. The lowest BCUT2D eigenvalue weighted by Gasteiger charge is -2.05. The highest BCUT2D eigenvalue weighted by atomic mass is 16.3. The molecule has 1 heteroatoms. The summed E-state index contributed by atoms with van der Waals surface area (Å²) in [5, 5.41) is 0. The van der Waals surface area contributed by atoms with Crippen LogP contribution in [0.3, 0.4) is 0 Å². The molecule has 1 aromatic carbocycles. The van der Waals surface area contributed by atoms with Gasteiger partial charge in [-0.1, -0.05) is 65.8 Å². The third-order valence-electron chi connectivity index (χ3n) is 2.38. The van der Waals surface area contributed by atoms with Gasteiger partial charge in [0, 0.05) is 5.56 Å². The monoisotopic (exact) mass is 246 g/mol. The number of rotatable bonds is 2. The Morgan fingerprint density at radius 3 is 1.78 bits per heavy atom. The van der Waals surface area contributed by atoms with Crippen molar-refractivity contribution in [3.63, 3.8) is 0 Å². The molecule has 100 valence electrons.